The molecule has 0 spiro atoms. The highest BCUT2D eigenvalue weighted by molar-refractivity contribution is 5.14. The van der Waals surface area contributed by atoms with E-state index in [1.165, 1.54) is 57.2 Å². The van der Waals surface area contributed by atoms with Crippen molar-refractivity contribution in [1.29, 1.82) is 0 Å². The second-order valence-corrected chi connectivity index (χ2v) is 7.53. The molecule has 1 aromatic carbocycles. The summed E-state index contributed by atoms with van der Waals surface area (Å²) in [5.41, 5.74) is 1.42. The molecule has 4 rings (SSSR count). The van der Waals surface area contributed by atoms with E-state index >= 15 is 0 Å². The molecule has 0 amide bonds. The molecule has 21 heavy (non-hydrogen) atoms. The van der Waals surface area contributed by atoms with Crippen LogP contribution in [0.5, 0.6) is 0 Å². The highest BCUT2D eigenvalue weighted by Crippen LogP contribution is 2.39. The van der Waals surface area contributed by atoms with Crippen molar-refractivity contribution in [2.75, 3.05) is 13.1 Å². The fourth-order valence-electron chi connectivity index (χ4n) is 3.98. The Kier molecular flexibility index (Phi) is 4.00. The van der Waals surface area contributed by atoms with E-state index in [0.29, 0.717) is 6.04 Å². The van der Waals surface area contributed by atoms with E-state index in [-0.39, 0.29) is 0 Å². The Morgan fingerprint density at radius 2 is 1.76 bits per heavy atom. The Balaban J connectivity index is 1.33. The predicted octanol–water partition coefficient (Wildman–Crippen LogP) is 3.43. The van der Waals surface area contributed by atoms with E-state index in [0.717, 1.165) is 24.4 Å². The molecule has 0 bridgehead atoms. The van der Waals surface area contributed by atoms with Crippen molar-refractivity contribution in [3.63, 3.8) is 0 Å². The quantitative estimate of drug-likeness (QED) is 0.861. The fraction of sp³-hybridized carbons (Fsp3) is 0.684. The van der Waals surface area contributed by atoms with Gasteiger partial charge in [-0.2, -0.15) is 0 Å². The Bertz CT molecular complexity index is 450. The summed E-state index contributed by atoms with van der Waals surface area (Å²) in [6.07, 6.45) is 8.78. The van der Waals surface area contributed by atoms with E-state index in [9.17, 15) is 0 Å². The van der Waals surface area contributed by atoms with Crippen LogP contribution in [0, 0.1) is 11.8 Å². The van der Waals surface area contributed by atoms with Gasteiger partial charge in [-0.25, -0.2) is 0 Å². The van der Waals surface area contributed by atoms with Crippen molar-refractivity contribution in [3.8, 4) is 0 Å². The maximum absolute atomic E-state index is 3.83. The highest BCUT2D eigenvalue weighted by Gasteiger charge is 2.37. The van der Waals surface area contributed by atoms with Gasteiger partial charge in [0.1, 0.15) is 0 Å². The number of nitrogens with one attached hydrogen (secondary N) is 1. The van der Waals surface area contributed by atoms with E-state index in [1.54, 1.807) is 0 Å². The lowest BCUT2D eigenvalue weighted by molar-refractivity contribution is 0.125. The molecular weight excluding hydrogens is 256 g/mol. The highest BCUT2D eigenvalue weighted by atomic mass is 15.2. The van der Waals surface area contributed by atoms with Gasteiger partial charge in [-0.3, -0.25) is 4.90 Å². The van der Waals surface area contributed by atoms with Gasteiger partial charge >= 0.3 is 0 Å². The minimum absolute atomic E-state index is 0.698. The number of rotatable bonds is 6. The predicted molar refractivity (Wildman–Crippen MR) is 87.1 cm³/mol. The molecule has 3 aliphatic rings. The van der Waals surface area contributed by atoms with Gasteiger partial charge in [0.05, 0.1) is 0 Å². The maximum Gasteiger partial charge on any atom is 0.0208 e. The standard InChI is InChI=1S/C19H28N2/c1-2-4-16(5-3-1)12-20-18-11-17(10-15-6-7-15)13-21(14-18)19-8-9-19/h1-5,15,17-20H,6-14H2. The molecule has 1 aromatic rings. The van der Waals surface area contributed by atoms with Gasteiger partial charge in [0.2, 0.25) is 0 Å². The lowest BCUT2D eigenvalue weighted by Crippen LogP contribution is -2.49. The monoisotopic (exact) mass is 284 g/mol. The van der Waals surface area contributed by atoms with Crippen molar-refractivity contribution >= 4 is 0 Å². The Labute approximate surface area is 128 Å². The summed E-state index contributed by atoms with van der Waals surface area (Å²) < 4.78 is 0. The lowest BCUT2D eigenvalue weighted by Gasteiger charge is -2.38. The fourth-order valence-corrected chi connectivity index (χ4v) is 3.98. The van der Waals surface area contributed by atoms with Crippen LogP contribution in [-0.2, 0) is 6.54 Å². The maximum atomic E-state index is 3.83. The van der Waals surface area contributed by atoms with Gasteiger partial charge in [-0.05, 0) is 43.1 Å². The number of hydrogen-bond donors (Lipinski definition) is 1. The summed E-state index contributed by atoms with van der Waals surface area (Å²) in [7, 11) is 0. The first-order valence-corrected chi connectivity index (χ1v) is 8.88. The number of benzene rings is 1. The van der Waals surface area contributed by atoms with Crippen LogP contribution < -0.4 is 5.32 Å². The van der Waals surface area contributed by atoms with E-state index in [2.05, 4.69) is 40.5 Å². The molecule has 2 nitrogen and oxygen atoms in total. The number of hydrogen-bond acceptors (Lipinski definition) is 2. The van der Waals surface area contributed by atoms with Gasteiger partial charge in [0, 0.05) is 31.7 Å². The average Bonchev–Trinajstić information content (AvgIpc) is 3.38. The normalized spacial score (nSPS) is 30.5. The lowest BCUT2D eigenvalue weighted by atomic mass is 9.89. The Hall–Kier alpha value is -0.860. The van der Waals surface area contributed by atoms with Gasteiger partial charge in [0.25, 0.3) is 0 Å². The molecule has 3 fully saturated rings. The molecule has 1 aliphatic heterocycles. The summed E-state index contributed by atoms with van der Waals surface area (Å²) in [5.74, 6) is 2.02. The second-order valence-electron chi connectivity index (χ2n) is 7.53. The number of piperidine rings is 1. The molecule has 0 radical (unpaired) electrons. The van der Waals surface area contributed by atoms with E-state index in [1.807, 2.05) is 0 Å². The van der Waals surface area contributed by atoms with Crippen LogP contribution in [0.2, 0.25) is 0 Å². The molecule has 114 valence electrons. The minimum Gasteiger partial charge on any atom is -0.309 e. The van der Waals surface area contributed by atoms with Crippen LogP contribution in [0.25, 0.3) is 0 Å². The third-order valence-electron chi connectivity index (χ3n) is 5.43. The molecule has 0 aromatic heterocycles. The largest absolute Gasteiger partial charge is 0.309 e. The first-order valence-electron chi connectivity index (χ1n) is 8.88. The van der Waals surface area contributed by atoms with Crippen molar-refractivity contribution in [2.24, 2.45) is 11.8 Å². The zero-order valence-corrected chi connectivity index (χ0v) is 13.0. The molecule has 2 atom stereocenters. The van der Waals surface area contributed by atoms with E-state index < -0.39 is 0 Å². The molecular formula is C19H28N2. The average molecular weight is 284 g/mol. The van der Waals surface area contributed by atoms with Gasteiger partial charge < -0.3 is 5.32 Å². The molecule has 2 aliphatic carbocycles. The minimum atomic E-state index is 0.698. The third-order valence-corrected chi connectivity index (χ3v) is 5.43. The van der Waals surface area contributed by atoms with Gasteiger partial charge in [0.15, 0.2) is 0 Å². The Morgan fingerprint density at radius 1 is 0.952 bits per heavy atom. The molecule has 1 N–H and O–H groups in total. The zero-order chi connectivity index (χ0) is 14.1. The first kappa shape index (κ1) is 13.8. The molecule has 2 heteroatoms. The van der Waals surface area contributed by atoms with Crippen LogP contribution >= 0.6 is 0 Å². The summed E-state index contributed by atoms with van der Waals surface area (Å²) in [5, 5.41) is 3.83. The summed E-state index contributed by atoms with van der Waals surface area (Å²) in [4.78, 5) is 2.79. The second kappa shape index (κ2) is 6.10. The van der Waals surface area contributed by atoms with Crippen LogP contribution in [0.1, 0.15) is 44.1 Å². The summed E-state index contributed by atoms with van der Waals surface area (Å²) in [6.45, 7) is 3.68. The number of likely N-dealkylation sites (tertiary alicyclic amines) is 1. The van der Waals surface area contributed by atoms with Gasteiger partial charge in [-0.15, -0.1) is 0 Å². The molecule has 1 heterocycles. The number of nitrogens with zero attached hydrogens (tertiary/aromatic N) is 1. The van der Waals surface area contributed by atoms with Crippen molar-refractivity contribution in [1.82, 2.24) is 10.2 Å². The van der Waals surface area contributed by atoms with Crippen LogP contribution in [-0.4, -0.2) is 30.1 Å². The zero-order valence-electron chi connectivity index (χ0n) is 13.0. The third kappa shape index (κ3) is 3.87. The van der Waals surface area contributed by atoms with E-state index in [4.69, 9.17) is 0 Å². The SMILES string of the molecule is c1ccc(CNC2CC(CC3CC3)CN(C3CC3)C2)cc1. The topological polar surface area (TPSA) is 15.3 Å². The van der Waals surface area contributed by atoms with Crippen molar-refractivity contribution in [3.05, 3.63) is 35.9 Å². The summed E-state index contributed by atoms with van der Waals surface area (Å²) in [6, 6.07) is 12.5. The molecule has 1 saturated heterocycles. The molecule has 2 saturated carbocycles. The van der Waals surface area contributed by atoms with Gasteiger partial charge in [-0.1, -0.05) is 43.2 Å². The van der Waals surface area contributed by atoms with Crippen LogP contribution in [0.4, 0.5) is 0 Å². The van der Waals surface area contributed by atoms with Crippen molar-refractivity contribution < 1.29 is 0 Å². The summed E-state index contributed by atoms with van der Waals surface area (Å²) >= 11 is 0. The van der Waals surface area contributed by atoms with Crippen LogP contribution in [0.3, 0.4) is 0 Å². The molecule has 2 unspecified atom stereocenters. The van der Waals surface area contributed by atoms with Crippen molar-refractivity contribution in [2.45, 2.75) is 57.2 Å². The smallest absolute Gasteiger partial charge is 0.0208 e. The Morgan fingerprint density at radius 3 is 2.48 bits per heavy atom. The van der Waals surface area contributed by atoms with Crippen LogP contribution in [0.15, 0.2) is 30.3 Å². The first-order chi connectivity index (χ1) is 10.4.